The van der Waals surface area contributed by atoms with Crippen molar-refractivity contribution < 1.29 is 37.3 Å². The van der Waals surface area contributed by atoms with Crippen LogP contribution in [0.2, 0.25) is 0 Å². The molecule has 1 aliphatic rings. The van der Waals surface area contributed by atoms with E-state index in [1.54, 1.807) is 6.92 Å². The fourth-order valence-electron chi connectivity index (χ4n) is 2.63. The lowest BCUT2D eigenvalue weighted by atomic mass is 9.80. The number of carboxylic acid groups (broad SMARTS) is 1. The molecular formula is C16H18F3NO5. The second-order valence-electron chi connectivity index (χ2n) is 6.07. The number of carboxylic acids is 1. The predicted molar refractivity (Wildman–Crippen MR) is 80.6 cm³/mol. The van der Waals surface area contributed by atoms with Crippen LogP contribution in [-0.4, -0.2) is 48.4 Å². The SMILES string of the molecule is COc1cc(OC(F)(F)F)ccc1C(=O)N1CCC(C)(C(=O)O)CC1. The fourth-order valence-corrected chi connectivity index (χ4v) is 2.63. The highest BCUT2D eigenvalue weighted by molar-refractivity contribution is 5.97. The lowest BCUT2D eigenvalue weighted by Gasteiger charge is -2.36. The highest BCUT2D eigenvalue weighted by Gasteiger charge is 2.38. The number of alkyl halides is 3. The van der Waals surface area contributed by atoms with E-state index in [0.29, 0.717) is 12.8 Å². The van der Waals surface area contributed by atoms with Gasteiger partial charge in [0.2, 0.25) is 0 Å². The summed E-state index contributed by atoms with van der Waals surface area (Å²) >= 11 is 0. The molecule has 1 aliphatic heterocycles. The van der Waals surface area contributed by atoms with Gasteiger partial charge in [-0.25, -0.2) is 0 Å². The first-order valence-electron chi connectivity index (χ1n) is 7.52. The highest BCUT2D eigenvalue weighted by atomic mass is 19.4. The number of nitrogens with zero attached hydrogens (tertiary/aromatic N) is 1. The molecule has 0 spiro atoms. The van der Waals surface area contributed by atoms with E-state index in [-0.39, 0.29) is 24.4 Å². The van der Waals surface area contributed by atoms with E-state index in [0.717, 1.165) is 12.1 Å². The standard InChI is InChI=1S/C16H18F3NO5/c1-15(14(22)23)5-7-20(8-6-15)13(21)11-4-3-10(9-12(11)24-2)25-16(17,18)19/h3-4,9H,5-8H2,1-2H3,(H,22,23). The van der Waals surface area contributed by atoms with Gasteiger partial charge in [-0.05, 0) is 31.9 Å². The summed E-state index contributed by atoms with van der Waals surface area (Å²) < 4.78 is 45.6. The van der Waals surface area contributed by atoms with Gasteiger partial charge < -0.3 is 19.5 Å². The van der Waals surface area contributed by atoms with Gasteiger partial charge in [-0.2, -0.15) is 0 Å². The normalized spacial score (nSPS) is 17.1. The number of aliphatic carboxylic acids is 1. The minimum atomic E-state index is -4.84. The molecule has 0 aromatic heterocycles. The Hall–Kier alpha value is -2.45. The first-order chi connectivity index (χ1) is 11.6. The number of halogens is 3. The number of ether oxygens (including phenoxy) is 2. The van der Waals surface area contributed by atoms with Gasteiger partial charge in [0.15, 0.2) is 0 Å². The van der Waals surface area contributed by atoms with E-state index in [9.17, 15) is 27.9 Å². The van der Waals surface area contributed by atoms with Gasteiger partial charge in [-0.15, -0.1) is 13.2 Å². The number of hydrogen-bond acceptors (Lipinski definition) is 4. The van der Waals surface area contributed by atoms with E-state index in [4.69, 9.17) is 4.74 Å². The minimum Gasteiger partial charge on any atom is -0.496 e. The first-order valence-corrected chi connectivity index (χ1v) is 7.52. The van der Waals surface area contributed by atoms with Gasteiger partial charge in [0.05, 0.1) is 18.1 Å². The smallest absolute Gasteiger partial charge is 0.496 e. The Kier molecular flexibility index (Phi) is 5.15. The van der Waals surface area contributed by atoms with Crippen molar-refractivity contribution in [2.24, 2.45) is 5.41 Å². The van der Waals surface area contributed by atoms with Crippen LogP contribution in [-0.2, 0) is 4.79 Å². The highest BCUT2D eigenvalue weighted by Crippen LogP contribution is 2.34. The van der Waals surface area contributed by atoms with Gasteiger partial charge >= 0.3 is 12.3 Å². The molecule has 1 fully saturated rings. The summed E-state index contributed by atoms with van der Waals surface area (Å²) in [5.74, 6) is -1.87. The van der Waals surface area contributed by atoms with Crippen molar-refractivity contribution in [3.05, 3.63) is 23.8 Å². The molecule has 6 nitrogen and oxygen atoms in total. The molecule has 1 aromatic rings. The number of piperidine rings is 1. The van der Waals surface area contributed by atoms with Crippen LogP contribution >= 0.6 is 0 Å². The minimum absolute atomic E-state index is 0.0432. The molecule has 2 rings (SSSR count). The zero-order valence-corrected chi connectivity index (χ0v) is 13.7. The van der Waals surface area contributed by atoms with E-state index in [1.807, 2.05) is 0 Å². The van der Waals surface area contributed by atoms with Crippen molar-refractivity contribution in [3.8, 4) is 11.5 Å². The lowest BCUT2D eigenvalue weighted by Crippen LogP contribution is -2.45. The molecule has 9 heteroatoms. The van der Waals surface area contributed by atoms with E-state index in [2.05, 4.69) is 4.74 Å². The van der Waals surface area contributed by atoms with Crippen LogP contribution in [0.4, 0.5) is 13.2 Å². The molecule has 1 amide bonds. The van der Waals surface area contributed by atoms with Crippen LogP contribution in [0.3, 0.4) is 0 Å². The van der Waals surface area contributed by atoms with E-state index < -0.39 is 29.4 Å². The van der Waals surface area contributed by atoms with E-state index in [1.165, 1.54) is 18.1 Å². The molecule has 0 bridgehead atoms. The third kappa shape index (κ3) is 4.34. The fraction of sp³-hybridized carbons (Fsp3) is 0.500. The van der Waals surface area contributed by atoms with Crippen molar-refractivity contribution in [1.82, 2.24) is 4.90 Å². The molecule has 1 aromatic carbocycles. The van der Waals surface area contributed by atoms with Crippen molar-refractivity contribution in [2.75, 3.05) is 20.2 Å². The van der Waals surface area contributed by atoms with Crippen molar-refractivity contribution in [1.29, 1.82) is 0 Å². The number of benzene rings is 1. The average molecular weight is 361 g/mol. The van der Waals surface area contributed by atoms with Crippen molar-refractivity contribution in [2.45, 2.75) is 26.1 Å². The number of methoxy groups -OCH3 is 1. The number of hydrogen-bond donors (Lipinski definition) is 1. The maximum Gasteiger partial charge on any atom is 0.573 e. The molecule has 0 atom stereocenters. The first kappa shape index (κ1) is 18.9. The second kappa shape index (κ2) is 6.81. The molecule has 25 heavy (non-hydrogen) atoms. The van der Waals surface area contributed by atoms with Crippen molar-refractivity contribution in [3.63, 3.8) is 0 Å². The summed E-state index contributed by atoms with van der Waals surface area (Å²) in [4.78, 5) is 25.3. The summed E-state index contributed by atoms with van der Waals surface area (Å²) in [6, 6.07) is 3.23. The van der Waals surface area contributed by atoms with Crippen LogP contribution in [0.15, 0.2) is 18.2 Å². The average Bonchev–Trinajstić information content (AvgIpc) is 2.53. The quantitative estimate of drug-likeness (QED) is 0.892. The van der Waals surface area contributed by atoms with Gasteiger partial charge in [-0.1, -0.05) is 0 Å². The molecule has 0 unspecified atom stereocenters. The monoisotopic (exact) mass is 361 g/mol. The number of carbonyl (C=O) groups excluding carboxylic acids is 1. The summed E-state index contributed by atoms with van der Waals surface area (Å²) in [5, 5.41) is 9.22. The summed E-state index contributed by atoms with van der Waals surface area (Å²) in [5.41, 5.74) is -0.790. The molecule has 0 radical (unpaired) electrons. The maximum absolute atomic E-state index is 12.6. The molecule has 138 valence electrons. The van der Waals surface area contributed by atoms with Gasteiger partial charge in [0, 0.05) is 19.2 Å². The Labute approximate surface area is 142 Å². The van der Waals surface area contributed by atoms with Gasteiger partial charge in [0.1, 0.15) is 11.5 Å². The molecule has 1 heterocycles. The van der Waals surface area contributed by atoms with Crippen LogP contribution in [0, 0.1) is 5.41 Å². The second-order valence-corrected chi connectivity index (χ2v) is 6.07. The van der Waals surface area contributed by atoms with Crippen molar-refractivity contribution >= 4 is 11.9 Å². The Bertz CT molecular complexity index is 666. The Morgan fingerprint density at radius 2 is 1.84 bits per heavy atom. The zero-order valence-electron chi connectivity index (χ0n) is 13.7. The maximum atomic E-state index is 12.6. The Balaban J connectivity index is 2.16. The Morgan fingerprint density at radius 1 is 1.24 bits per heavy atom. The third-order valence-corrected chi connectivity index (χ3v) is 4.31. The third-order valence-electron chi connectivity index (χ3n) is 4.31. The van der Waals surface area contributed by atoms with Crippen LogP contribution in [0.1, 0.15) is 30.1 Å². The van der Waals surface area contributed by atoms with Crippen LogP contribution in [0.5, 0.6) is 11.5 Å². The molecule has 0 aliphatic carbocycles. The number of amides is 1. The molecule has 1 N–H and O–H groups in total. The lowest BCUT2D eigenvalue weighted by molar-refractivity contribution is -0.274. The van der Waals surface area contributed by atoms with Gasteiger partial charge in [-0.3, -0.25) is 9.59 Å². The summed E-state index contributed by atoms with van der Waals surface area (Å²) in [7, 11) is 1.24. The molecular weight excluding hydrogens is 343 g/mol. The molecule has 1 saturated heterocycles. The van der Waals surface area contributed by atoms with Gasteiger partial charge in [0.25, 0.3) is 5.91 Å². The van der Waals surface area contributed by atoms with Crippen LogP contribution < -0.4 is 9.47 Å². The topological polar surface area (TPSA) is 76.1 Å². The molecule has 0 saturated carbocycles. The van der Waals surface area contributed by atoms with Crippen LogP contribution in [0.25, 0.3) is 0 Å². The number of likely N-dealkylation sites (tertiary alicyclic amines) is 1. The number of rotatable bonds is 4. The summed E-state index contributed by atoms with van der Waals surface area (Å²) in [6.07, 6.45) is -4.25. The zero-order chi connectivity index (χ0) is 18.8. The number of carbonyl (C=O) groups is 2. The predicted octanol–water partition coefficient (Wildman–Crippen LogP) is 2.92. The summed E-state index contributed by atoms with van der Waals surface area (Å²) in [6.45, 7) is 2.11. The van der Waals surface area contributed by atoms with E-state index >= 15 is 0 Å². The Morgan fingerprint density at radius 3 is 2.32 bits per heavy atom. The largest absolute Gasteiger partial charge is 0.573 e.